The van der Waals surface area contributed by atoms with Crippen molar-refractivity contribution in [1.29, 1.82) is 0 Å². The molecule has 0 aliphatic heterocycles. The lowest BCUT2D eigenvalue weighted by molar-refractivity contribution is -0.131. The van der Waals surface area contributed by atoms with Crippen molar-refractivity contribution < 1.29 is 4.79 Å². The molecule has 5 heteroatoms. The fourth-order valence-electron chi connectivity index (χ4n) is 2.27. The van der Waals surface area contributed by atoms with Gasteiger partial charge in [-0.05, 0) is 37.6 Å². The van der Waals surface area contributed by atoms with Gasteiger partial charge in [-0.2, -0.15) is 0 Å². The number of halogens is 2. The van der Waals surface area contributed by atoms with E-state index >= 15 is 0 Å². The van der Waals surface area contributed by atoms with Crippen molar-refractivity contribution in [2.45, 2.75) is 26.4 Å². The van der Waals surface area contributed by atoms with E-state index in [1.54, 1.807) is 18.2 Å². The maximum Gasteiger partial charge on any atom is 0.242 e. The van der Waals surface area contributed by atoms with Crippen LogP contribution in [0.2, 0.25) is 10.0 Å². The summed E-state index contributed by atoms with van der Waals surface area (Å²) in [5, 5.41) is 4.17. The van der Waals surface area contributed by atoms with Crippen LogP contribution in [0.5, 0.6) is 0 Å². The van der Waals surface area contributed by atoms with E-state index in [0.29, 0.717) is 16.6 Å². The number of carbonyl (C=O) groups excluding carboxylic acids is 1. The van der Waals surface area contributed by atoms with Gasteiger partial charge in [0.05, 0.1) is 6.54 Å². The zero-order valence-corrected chi connectivity index (χ0v) is 14.7. The number of rotatable bonds is 6. The summed E-state index contributed by atoms with van der Waals surface area (Å²) in [6.07, 6.45) is 0. The first kappa shape index (κ1) is 17.6. The molecule has 0 aliphatic rings. The Morgan fingerprint density at radius 1 is 1.09 bits per heavy atom. The van der Waals surface area contributed by atoms with Gasteiger partial charge >= 0.3 is 0 Å². The average Bonchev–Trinajstić information content (AvgIpc) is 2.50. The van der Waals surface area contributed by atoms with Crippen LogP contribution in [0, 0.1) is 0 Å². The summed E-state index contributed by atoms with van der Waals surface area (Å²) in [7, 11) is 0. The highest BCUT2D eigenvalue weighted by molar-refractivity contribution is 6.35. The van der Waals surface area contributed by atoms with Gasteiger partial charge in [0, 0.05) is 28.3 Å². The van der Waals surface area contributed by atoms with Crippen LogP contribution in [-0.2, 0) is 11.3 Å². The molecule has 122 valence electrons. The SMILES string of the molecule is CC(C)N(Cc1ccccc1)C(=O)CNc1cc(Cl)cc(Cl)c1. The molecule has 1 N–H and O–H groups in total. The van der Waals surface area contributed by atoms with Gasteiger partial charge in [0.15, 0.2) is 0 Å². The lowest BCUT2D eigenvalue weighted by atomic mass is 10.2. The lowest BCUT2D eigenvalue weighted by Gasteiger charge is -2.27. The van der Waals surface area contributed by atoms with Gasteiger partial charge in [-0.15, -0.1) is 0 Å². The Labute approximate surface area is 147 Å². The van der Waals surface area contributed by atoms with E-state index in [2.05, 4.69) is 5.32 Å². The minimum atomic E-state index is 0.0277. The fourth-order valence-corrected chi connectivity index (χ4v) is 2.80. The van der Waals surface area contributed by atoms with Crippen molar-refractivity contribution in [3.05, 3.63) is 64.1 Å². The first-order chi connectivity index (χ1) is 11.0. The Balaban J connectivity index is 2.01. The number of hydrogen-bond donors (Lipinski definition) is 1. The molecule has 0 atom stereocenters. The van der Waals surface area contributed by atoms with E-state index in [0.717, 1.165) is 11.3 Å². The molecule has 0 saturated carbocycles. The molecule has 0 aliphatic carbocycles. The molecular weight excluding hydrogens is 331 g/mol. The van der Waals surface area contributed by atoms with Crippen LogP contribution in [-0.4, -0.2) is 23.4 Å². The normalized spacial score (nSPS) is 10.7. The summed E-state index contributed by atoms with van der Waals surface area (Å²) >= 11 is 11.9. The number of benzene rings is 2. The highest BCUT2D eigenvalue weighted by atomic mass is 35.5. The van der Waals surface area contributed by atoms with Gasteiger partial charge in [-0.3, -0.25) is 4.79 Å². The monoisotopic (exact) mass is 350 g/mol. The van der Waals surface area contributed by atoms with Crippen LogP contribution in [0.15, 0.2) is 48.5 Å². The number of nitrogens with one attached hydrogen (secondary N) is 1. The molecule has 0 aromatic heterocycles. The largest absolute Gasteiger partial charge is 0.376 e. The van der Waals surface area contributed by atoms with Crippen molar-refractivity contribution in [2.24, 2.45) is 0 Å². The molecule has 0 saturated heterocycles. The molecule has 2 rings (SSSR count). The van der Waals surface area contributed by atoms with Crippen molar-refractivity contribution in [3.63, 3.8) is 0 Å². The van der Waals surface area contributed by atoms with Crippen LogP contribution < -0.4 is 5.32 Å². The van der Waals surface area contributed by atoms with Gasteiger partial charge in [-0.1, -0.05) is 53.5 Å². The summed E-state index contributed by atoms with van der Waals surface area (Å²) in [5.41, 5.74) is 1.85. The third-order valence-electron chi connectivity index (χ3n) is 3.45. The van der Waals surface area contributed by atoms with Crippen molar-refractivity contribution >= 4 is 34.8 Å². The Morgan fingerprint density at radius 2 is 1.70 bits per heavy atom. The van der Waals surface area contributed by atoms with Gasteiger partial charge in [0.2, 0.25) is 5.91 Å². The minimum Gasteiger partial charge on any atom is -0.376 e. The molecule has 0 fully saturated rings. The molecule has 23 heavy (non-hydrogen) atoms. The number of nitrogens with zero attached hydrogens (tertiary/aromatic N) is 1. The van der Waals surface area contributed by atoms with E-state index in [1.807, 2.05) is 49.1 Å². The minimum absolute atomic E-state index is 0.0277. The predicted molar refractivity (Wildman–Crippen MR) is 97.1 cm³/mol. The molecule has 0 radical (unpaired) electrons. The maximum absolute atomic E-state index is 12.5. The summed E-state index contributed by atoms with van der Waals surface area (Å²) in [5.74, 6) is 0.0277. The highest BCUT2D eigenvalue weighted by Crippen LogP contribution is 2.22. The van der Waals surface area contributed by atoms with Gasteiger partial charge in [0.1, 0.15) is 0 Å². The van der Waals surface area contributed by atoms with Gasteiger partial charge in [-0.25, -0.2) is 0 Å². The molecule has 0 bridgehead atoms. The highest BCUT2D eigenvalue weighted by Gasteiger charge is 2.17. The zero-order chi connectivity index (χ0) is 16.8. The van der Waals surface area contributed by atoms with E-state index in [4.69, 9.17) is 23.2 Å². The Bertz CT molecular complexity index is 639. The number of hydrogen-bond acceptors (Lipinski definition) is 2. The van der Waals surface area contributed by atoms with Gasteiger partial charge in [0.25, 0.3) is 0 Å². The first-order valence-electron chi connectivity index (χ1n) is 7.49. The molecule has 2 aromatic carbocycles. The zero-order valence-electron chi connectivity index (χ0n) is 13.2. The Morgan fingerprint density at radius 3 is 2.26 bits per heavy atom. The van der Waals surface area contributed by atoms with E-state index in [-0.39, 0.29) is 18.5 Å². The van der Waals surface area contributed by atoms with Crippen LogP contribution in [0.25, 0.3) is 0 Å². The second kappa shape index (κ2) is 8.23. The quantitative estimate of drug-likeness (QED) is 0.807. The van der Waals surface area contributed by atoms with Crippen molar-refractivity contribution in [1.82, 2.24) is 4.90 Å². The maximum atomic E-state index is 12.5. The topological polar surface area (TPSA) is 32.3 Å². The second-order valence-electron chi connectivity index (χ2n) is 5.61. The Kier molecular flexibility index (Phi) is 6.31. The fraction of sp³-hybridized carbons (Fsp3) is 0.278. The molecular formula is C18H20Cl2N2O. The number of anilines is 1. The molecule has 0 unspecified atom stereocenters. The third kappa shape index (κ3) is 5.45. The summed E-state index contributed by atoms with van der Waals surface area (Å²) in [4.78, 5) is 14.4. The average molecular weight is 351 g/mol. The van der Waals surface area contributed by atoms with Crippen LogP contribution in [0.1, 0.15) is 19.4 Å². The van der Waals surface area contributed by atoms with Crippen LogP contribution >= 0.6 is 23.2 Å². The van der Waals surface area contributed by atoms with Crippen molar-refractivity contribution in [2.75, 3.05) is 11.9 Å². The van der Waals surface area contributed by atoms with Crippen LogP contribution in [0.4, 0.5) is 5.69 Å². The number of amides is 1. The molecule has 2 aromatic rings. The van der Waals surface area contributed by atoms with E-state index in [1.165, 1.54) is 0 Å². The molecule has 3 nitrogen and oxygen atoms in total. The van der Waals surface area contributed by atoms with Crippen LogP contribution in [0.3, 0.4) is 0 Å². The molecule has 0 spiro atoms. The Hall–Kier alpha value is -1.71. The lowest BCUT2D eigenvalue weighted by Crippen LogP contribution is -2.39. The molecule has 0 heterocycles. The predicted octanol–water partition coefficient (Wildman–Crippen LogP) is 4.84. The number of carbonyl (C=O) groups is 1. The summed E-state index contributed by atoms with van der Waals surface area (Å²) in [6, 6.07) is 15.2. The summed E-state index contributed by atoms with van der Waals surface area (Å²) < 4.78 is 0. The second-order valence-corrected chi connectivity index (χ2v) is 6.49. The van der Waals surface area contributed by atoms with E-state index < -0.39 is 0 Å². The van der Waals surface area contributed by atoms with E-state index in [9.17, 15) is 4.79 Å². The molecule has 1 amide bonds. The van der Waals surface area contributed by atoms with Crippen molar-refractivity contribution in [3.8, 4) is 0 Å². The van der Waals surface area contributed by atoms with Gasteiger partial charge < -0.3 is 10.2 Å². The standard InChI is InChI=1S/C18H20Cl2N2O/c1-13(2)22(12-14-6-4-3-5-7-14)18(23)11-21-17-9-15(19)8-16(20)10-17/h3-10,13,21H,11-12H2,1-2H3. The summed E-state index contributed by atoms with van der Waals surface area (Å²) in [6.45, 7) is 4.81. The third-order valence-corrected chi connectivity index (χ3v) is 3.88. The smallest absolute Gasteiger partial charge is 0.242 e. The first-order valence-corrected chi connectivity index (χ1v) is 8.24.